The van der Waals surface area contributed by atoms with E-state index >= 15 is 0 Å². The van der Waals surface area contributed by atoms with Gasteiger partial charge in [-0.05, 0) is 18.2 Å². The second-order valence-corrected chi connectivity index (χ2v) is 6.65. The molecule has 86 valence electrons. The molecule has 1 unspecified atom stereocenters. The molecule has 5 heteroatoms. The van der Waals surface area contributed by atoms with E-state index < -0.39 is 11.1 Å². The van der Waals surface area contributed by atoms with Crippen molar-refractivity contribution >= 4 is 32.6 Å². The average Bonchev–Trinajstić information content (AvgIpc) is 2.58. The first kappa shape index (κ1) is 11.7. The summed E-state index contributed by atoms with van der Waals surface area (Å²) in [5.41, 5.74) is 0.909. The Morgan fingerprint density at radius 3 is 2.62 bits per heavy atom. The van der Waals surface area contributed by atoms with Gasteiger partial charge in [0.1, 0.15) is 0 Å². The number of aromatic nitrogens is 1. The first-order valence-electron chi connectivity index (χ1n) is 4.90. The van der Waals surface area contributed by atoms with Crippen LogP contribution in [0.1, 0.15) is 25.8 Å². The van der Waals surface area contributed by atoms with Gasteiger partial charge in [0, 0.05) is 5.41 Å². The number of rotatable bonds is 1. The third-order valence-electron chi connectivity index (χ3n) is 2.20. The Morgan fingerprint density at radius 2 is 2.06 bits per heavy atom. The lowest BCUT2D eigenvalue weighted by molar-refractivity contribution is 0.564. The van der Waals surface area contributed by atoms with E-state index in [1.54, 1.807) is 29.5 Å². The number of nitrogens with zero attached hydrogens (tertiary/aromatic N) is 1. The van der Waals surface area contributed by atoms with Crippen LogP contribution in [-0.4, -0.2) is 13.7 Å². The summed E-state index contributed by atoms with van der Waals surface area (Å²) in [5, 5.41) is 1.04. The van der Waals surface area contributed by atoms with Gasteiger partial charge in [0.15, 0.2) is 11.1 Å². The summed E-state index contributed by atoms with van der Waals surface area (Å²) >= 11 is -0.339. The predicted molar refractivity (Wildman–Crippen MR) is 67.4 cm³/mol. The van der Waals surface area contributed by atoms with E-state index in [0.29, 0.717) is 4.90 Å². The molecule has 0 aliphatic carbocycles. The van der Waals surface area contributed by atoms with Crippen molar-refractivity contribution in [3.8, 4) is 0 Å². The van der Waals surface area contributed by atoms with Gasteiger partial charge in [-0.1, -0.05) is 20.8 Å². The van der Waals surface area contributed by atoms with E-state index in [9.17, 15) is 4.21 Å². The SMILES string of the molecule is CC(C)(C)c1nc2ccc(S(=O)O)cc2s1. The predicted octanol–water partition coefficient (Wildman–Crippen LogP) is 3.17. The minimum Gasteiger partial charge on any atom is -0.302 e. The van der Waals surface area contributed by atoms with Gasteiger partial charge >= 0.3 is 0 Å². The normalized spacial score (nSPS) is 14.2. The highest BCUT2D eigenvalue weighted by Crippen LogP contribution is 2.31. The van der Waals surface area contributed by atoms with Gasteiger partial charge < -0.3 is 4.55 Å². The van der Waals surface area contributed by atoms with Gasteiger partial charge in [-0.3, -0.25) is 0 Å². The van der Waals surface area contributed by atoms with E-state index in [-0.39, 0.29) is 5.41 Å². The fourth-order valence-electron chi connectivity index (χ4n) is 1.33. The molecule has 0 radical (unpaired) electrons. The Bertz CT molecular complexity index is 555. The van der Waals surface area contributed by atoms with Crippen LogP contribution in [0, 0.1) is 0 Å². The molecule has 1 N–H and O–H groups in total. The Morgan fingerprint density at radius 1 is 1.38 bits per heavy atom. The maximum atomic E-state index is 10.9. The van der Waals surface area contributed by atoms with Crippen LogP contribution in [0.5, 0.6) is 0 Å². The van der Waals surface area contributed by atoms with Crippen molar-refractivity contribution in [2.24, 2.45) is 0 Å². The van der Waals surface area contributed by atoms with E-state index in [4.69, 9.17) is 4.55 Å². The Hall–Kier alpha value is -0.780. The summed E-state index contributed by atoms with van der Waals surface area (Å²) < 4.78 is 20.9. The Labute approximate surface area is 101 Å². The number of benzene rings is 1. The van der Waals surface area contributed by atoms with Crippen molar-refractivity contribution in [3.05, 3.63) is 23.2 Å². The van der Waals surface area contributed by atoms with E-state index in [1.807, 2.05) is 0 Å². The van der Waals surface area contributed by atoms with Crippen molar-refractivity contribution in [1.29, 1.82) is 0 Å². The molecule has 0 bridgehead atoms. The third kappa shape index (κ3) is 2.16. The number of hydrogen-bond acceptors (Lipinski definition) is 3. The molecule has 1 atom stereocenters. The first-order chi connectivity index (χ1) is 7.38. The number of thiazole rings is 1. The molecule has 0 aliphatic heterocycles. The van der Waals surface area contributed by atoms with Crippen LogP contribution in [-0.2, 0) is 16.5 Å². The van der Waals surface area contributed by atoms with Crippen molar-refractivity contribution in [1.82, 2.24) is 4.98 Å². The summed E-state index contributed by atoms with van der Waals surface area (Å²) in [5.74, 6) is 0. The second-order valence-electron chi connectivity index (χ2n) is 4.65. The van der Waals surface area contributed by atoms with Crippen LogP contribution in [0.15, 0.2) is 23.1 Å². The van der Waals surface area contributed by atoms with Gasteiger partial charge in [0.25, 0.3) is 0 Å². The fraction of sp³-hybridized carbons (Fsp3) is 0.364. The molecular weight excluding hydrogens is 242 g/mol. The lowest BCUT2D eigenvalue weighted by atomic mass is 9.98. The van der Waals surface area contributed by atoms with Crippen LogP contribution in [0.3, 0.4) is 0 Å². The molecule has 3 nitrogen and oxygen atoms in total. The molecule has 16 heavy (non-hydrogen) atoms. The molecule has 1 heterocycles. The van der Waals surface area contributed by atoms with E-state index in [1.165, 1.54) is 0 Å². The molecule has 0 saturated carbocycles. The highest BCUT2D eigenvalue weighted by atomic mass is 32.2. The largest absolute Gasteiger partial charge is 0.302 e. The molecule has 0 amide bonds. The third-order valence-corrected chi connectivity index (χ3v) is 4.30. The maximum absolute atomic E-state index is 10.9. The number of hydrogen-bond donors (Lipinski definition) is 1. The summed E-state index contributed by atoms with van der Waals surface area (Å²) in [6, 6.07) is 5.17. The van der Waals surface area contributed by atoms with E-state index in [2.05, 4.69) is 25.8 Å². The molecule has 2 aromatic rings. The Kier molecular flexibility index (Phi) is 2.86. The standard InChI is InChI=1S/C11H13NO2S2/c1-11(2,3)10-12-8-5-4-7(16(13)14)6-9(8)15-10/h4-6H,1-3H3,(H,13,14). The lowest BCUT2D eigenvalue weighted by Crippen LogP contribution is -2.09. The van der Waals surface area contributed by atoms with Crippen molar-refractivity contribution in [3.63, 3.8) is 0 Å². The van der Waals surface area contributed by atoms with Crippen LogP contribution < -0.4 is 0 Å². The highest BCUT2D eigenvalue weighted by Gasteiger charge is 2.18. The smallest absolute Gasteiger partial charge is 0.186 e. The molecular formula is C11H13NO2S2. The summed E-state index contributed by atoms with van der Waals surface area (Å²) in [6.07, 6.45) is 0. The van der Waals surface area contributed by atoms with Crippen molar-refractivity contribution < 1.29 is 8.76 Å². The topological polar surface area (TPSA) is 50.2 Å². The summed E-state index contributed by atoms with van der Waals surface area (Å²) in [6.45, 7) is 6.32. The van der Waals surface area contributed by atoms with Crippen molar-refractivity contribution in [2.45, 2.75) is 31.1 Å². The molecule has 0 fully saturated rings. The monoisotopic (exact) mass is 255 g/mol. The van der Waals surface area contributed by atoms with Crippen LogP contribution in [0.4, 0.5) is 0 Å². The van der Waals surface area contributed by atoms with Gasteiger partial charge in [0.2, 0.25) is 0 Å². The van der Waals surface area contributed by atoms with Gasteiger partial charge in [-0.25, -0.2) is 9.19 Å². The fourth-order valence-corrected chi connectivity index (χ4v) is 2.87. The summed E-state index contributed by atoms with van der Waals surface area (Å²) in [4.78, 5) is 4.95. The van der Waals surface area contributed by atoms with Crippen LogP contribution in [0.25, 0.3) is 10.2 Å². The van der Waals surface area contributed by atoms with Gasteiger partial charge in [-0.2, -0.15) is 0 Å². The van der Waals surface area contributed by atoms with Crippen LogP contribution >= 0.6 is 11.3 Å². The van der Waals surface area contributed by atoms with Crippen LogP contribution in [0.2, 0.25) is 0 Å². The summed E-state index contributed by atoms with van der Waals surface area (Å²) in [7, 11) is 0. The van der Waals surface area contributed by atoms with Crippen molar-refractivity contribution in [2.75, 3.05) is 0 Å². The zero-order valence-electron chi connectivity index (χ0n) is 9.35. The molecule has 1 aromatic heterocycles. The zero-order chi connectivity index (χ0) is 11.9. The maximum Gasteiger partial charge on any atom is 0.186 e. The average molecular weight is 255 g/mol. The number of fused-ring (bicyclic) bond motifs is 1. The minimum absolute atomic E-state index is 0.0161. The Balaban J connectivity index is 2.59. The van der Waals surface area contributed by atoms with Gasteiger partial charge in [-0.15, -0.1) is 11.3 Å². The molecule has 0 spiro atoms. The molecule has 0 saturated heterocycles. The first-order valence-corrected chi connectivity index (χ1v) is 6.82. The van der Waals surface area contributed by atoms with Gasteiger partial charge in [0.05, 0.1) is 20.1 Å². The molecule has 0 aliphatic rings. The van der Waals surface area contributed by atoms with E-state index in [0.717, 1.165) is 15.2 Å². The second kappa shape index (κ2) is 3.91. The highest BCUT2D eigenvalue weighted by molar-refractivity contribution is 7.79. The molecule has 1 aromatic carbocycles. The zero-order valence-corrected chi connectivity index (χ0v) is 11.0. The molecule has 2 rings (SSSR count). The minimum atomic E-state index is -1.92. The lowest BCUT2D eigenvalue weighted by Gasteiger charge is -2.13. The quantitative estimate of drug-likeness (QED) is 0.796.